The molecule has 1 amide bonds. The van der Waals surface area contributed by atoms with Gasteiger partial charge in [0.1, 0.15) is 0 Å². The molecule has 29 heavy (non-hydrogen) atoms. The summed E-state index contributed by atoms with van der Waals surface area (Å²) >= 11 is 0. The monoisotopic (exact) mass is 392 g/mol. The summed E-state index contributed by atoms with van der Waals surface area (Å²) in [6.45, 7) is 3.94. The fourth-order valence-corrected chi connectivity index (χ4v) is 3.69. The van der Waals surface area contributed by atoms with Gasteiger partial charge in [-0.05, 0) is 62.3 Å². The molecule has 1 N–H and O–H groups in total. The topological polar surface area (TPSA) is 76.5 Å². The minimum atomic E-state index is -0.430. The number of benzene rings is 2. The maximum atomic E-state index is 12.8. The molecule has 0 radical (unpaired) electrons. The molecule has 7 nitrogen and oxygen atoms in total. The van der Waals surface area contributed by atoms with Crippen LogP contribution < -0.4 is 5.32 Å². The fourth-order valence-electron chi connectivity index (χ4n) is 3.69. The van der Waals surface area contributed by atoms with Gasteiger partial charge >= 0.3 is 5.97 Å². The zero-order chi connectivity index (χ0) is 20.2. The van der Waals surface area contributed by atoms with Gasteiger partial charge in [-0.1, -0.05) is 12.1 Å². The van der Waals surface area contributed by atoms with Gasteiger partial charge in [-0.25, -0.2) is 9.78 Å². The highest BCUT2D eigenvalue weighted by Crippen LogP contribution is 2.21. The highest BCUT2D eigenvalue weighted by Gasteiger charge is 2.17. The van der Waals surface area contributed by atoms with E-state index in [9.17, 15) is 9.59 Å². The van der Waals surface area contributed by atoms with E-state index in [1.807, 2.05) is 24.3 Å². The van der Waals surface area contributed by atoms with E-state index in [1.54, 1.807) is 24.3 Å². The van der Waals surface area contributed by atoms with Gasteiger partial charge in [0.05, 0.1) is 23.7 Å². The highest BCUT2D eigenvalue weighted by molar-refractivity contribution is 6.04. The third-order valence-electron chi connectivity index (χ3n) is 5.29. The summed E-state index contributed by atoms with van der Waals surface area (Å²) in [6.07, 6.45) is 2.49. The number of ether oxygens (including phenoxy) is 1. The Morgan fingerprint density at radius 1 is 1.00 bits per heavy atom. The number of para-hydroxylation sites is 2. The largest absolute Gasteiger partial charge is 0.465 e. The molecule has 4 rings (SSSR count). The van der Waals surface area contributed by atoms with E-state index in [-0.39, 0.29) is 5.91 Å². The molecule has 2 heterocycles. The van der Waals surface area contributed by atoms with Crippen LogP contribution in [0.4, 0.5) is 5.95 Å². The van der Waals surface area contributed by atoms with Crippen LogP contribution in [0.2, 0.25) is 0 Å². The molecule has 0 unspecified atom stereocenters. The smallest absolute Gasteiger partial charge is 0.337 e. The van der Waals surface area contributed by atoms with Crippen LogP contribution in [0.5, 0.6) is 0 Å². The summed E-state index contributed by atoms with van der Waals surface area (Å²) in [5.41, 5.74) is 2.71. The van der Waals surface area contributed by atoms with Crippen molar-refractivity contribution in [3.8, 4) is 0 Å². The highest BCUT2D eigenvalue weighted by atomic mass is 16.5. The van der Waals surface area contributed by atoms with E-state index in [0.717, 1.165) is 37.2 Å². The number of nitrogens with zero attached hydrogens (tertiary/aromatic N) is 3. The first-order chi connectivity index (χ1) is 14.2. The van der Waals surface area contributed by atoms with Gasteiger partial charge in [0, 0.05) is 18.7 Å². The first-order valence-electron chi connectivity index (χ1n) is 9.83. The molecule has 0 spiro atoms. The molecule has 0 atom stereocenters. The second-order valence-electron chi connectivity index (χ2n) is 7.15. The first kappa shape index (κ1) is 19.1. The quantitative estimate of drug-likeness (QED) is 0.652. The van der Waals surface area contributed by atoms with Crippen LogP contribution in [-0.4, -0.2) is 53.1 Å². The second kappa shape index (κ2) is 8.45. The average molecular weight is 392 g/mol. The van der Waals surface area contributed by atoms with Crippen LogP contribution in [0.25, 0.3) is 11.0 Å². The zero-order valence-electron chi connectivity index (χ0n) is 16.4. The number of methoxy groups -OCH3 is 1. The number of carbonyl (C=O) groups is 2. The van der Waals surface area contributed by atoms with Crippen molar-refractivity contribution < 1.29 is 14.3 Å². The molecular formula is C22H24N4O3. The molecule has 150 valence electrons. The van der Waals surface area contributed by atoms with Crippen LogP contribution in [-0.2, 0) is 11.3 Å². The minimum Gasteiger partial charge on any atom is -0.465 e. The van der Waals surface area contributed by atoms with Gasteiger partial charge in [0.15, 0.2) is 0 Å². The van der Waals surface area contributed by atoms with E-state index in [0.29, 0.717) is 17.1 Å². The van der Waals surface area contributed by atoms with Crippen LogP contribution >= 0.6 is 0 Å². The Morgan fingerprint density at radius 2 is 1.69 bits per heavy atom. The first-order valence-corrected chi connectivity index (χ1v) is 9.83. The maximum absolute atomic E-state index is 12.8. The molecule has 1 aliphatic heterocycles. The Balaban J connectivity index is 1.55. The lowest BCUT2D eigenvalue weighted by Crippen LogP contribution is -2.25. The third kappa shape index (κ3) is 4.14. The van der Waals surface area contributed by atoms with Crippen LogP contribution in [0.15, 0.2) is 48.5 Å². The summed E-state index contributed by atoms with van der Waals surface area (Å²) < 4.78 is 6.76. The van der Waals surface area contributed by atoms with Crippen LogP contribution in [0, 0.1) is 0 Å². The van der Waals surface area contributed by atoms with Crippen molar-refractivity contribution in [2.75, 3.05) is 32.1 Å². The van der Waals surface area contributed by atoms with Crippen molar-refractivity contribution in [3.63, 3.8) is 0 Å². The lowest BCUT2D eigenvalue weighted by atomic mass is 10.1. The molecule has 0 aliphatic carbocycles. The number of rotatable bonds is 6. The molecule has 2 aromatic carbocycles. The molecule has 7 heteroatoms. The molecule has 1 fully saturated rings. The Kier molecular flexibility index (Phi) is 5.57. The summed E-state index contributed by atoms with van der Waals surface area (Å²) in [5.74, 6) is -0.160. The number of imidazole rings is 1. The predicted octanol–water partition coefficient (Wildman–Crippen LogP) is 3.17. The number of carbonyl (C=O) groups excluding carboxylic acids is 2. The Bertz CT molecular complexity index is 1020. The molecule has 0 bridgehead atoms. The number of amides is 1. The predicted molar refractivity (Wildman–Crippen MR) is 111 cm³/mol. The van der Waals surface area contributed by atoms with Gasteiger partial charge < -0.3 is 14.2 Å². The van der Waals surface area contributed by atoms with Crippen molar-refractivity contribution in [1.29, 1.82) is 0 Å². The number of aromatic nitrogens is 2. The standard InChI is InChI=1S/C22H24N4O3/c1-29-21(28)17-10-8-16(9-11-17)20(27)24-22-23-18-6-2-3-7-19(18)26(22)15-14-25-12-4-5-13-25/h2-3,6-11H,4-5,12-15H2,1H3,(H,23,24,27). The number of nitrogens with one attached hydrogen (secondary N) is 1. The molecule has 0 saturated carbocycles. The number of fused-ring (bicyclic) bond motifs is 1. The normalized spacial score (nSPS) is 14.2. The van der Waals surface area contributed by atoms with Gasteiger partial charge in [-0.15, -0.1) is 0 Å². The third-order valence-corrected chi connectivity index (χ3v) is 5.29. The van der Waals surface area contributed by atoms with Gasteiger partial charge in [-0.2, -0.15) is 0 Å². The van der Waals surface area contributed by atoms with E-state index in [2.05, 4.69) is 19.8 Å². The average Bonchev–Trinajstić information content (AvgIpc) is 3.39. The lowest BCUT2D eigenvalue weighted by molar-refractivity contribution is 0.0600. The van der Waals surface area contributed by atoms with E-state index >= 15 is 0 Å². The number of hydrogen-bond donors (Lipinski definition) is 1. The van der Waals surface area contributed by atoms with E-state index in [1.165, 1.54) is 20.0 Å². The number of hydrogen-bond acceptors (Lipinski definition) is 5. The molecule has 1 saturated heterocycles. The second-order valence-corrected chi connectivity index (χ2v) is 7.15. The van der Waals surface area contributed by atoms with E-state index in [4.69, 9.17) is 4.74 Å². The SMILES string of the molecule is COC(=O)c1ccc(C(=O)Nc2nc3ccccc3n2CCN2CCCC2)cc1. The number of likely N-dealkylation sites (tertiary alicyclic amines) is 1. The summed E-state index contributed by atoms with van der Waals surface area (Å²) in [7, 11) is 1.33. The summed E-state index contributed by atoms with van der Waals surface area (Å²) in [4.78, 5) is 31.4. The van der Waals surface area contributed by atoms with Gasteiger partial charge in [0.2, 0.25) is 5.95 Å². The molecule has 1 aliphatic rings. The maximum Gasteiger partial charge on any atom is 0.337 e. The van der Waals surface area contributed by atoms with E-state index < -0.39 is 5.97 Å². The summed E-state index contributed by atoms with van der Waals surface area (Å²) in [5, 5.41) is 2.93. The number of anilines is 1. The Hall–Kier alpha value is -3.19. The Labute approximate surface area is 169 Å². The van der Waals surface area contributed by atoms with Crippen molar-refractivity contribution in [1.82, 2.24) is 14.5 Å². The zero-order valence-corrected chi connectivity index (χ0v) is 16.4. The molecule has 3 aromatic rings. The molecular weight excluding hydrogens is 368 g/mol. The van der Waals surface area contributed by atoms with Crippen molar-refractivity contribution in [2.24, 2.45) is 0 Å². The molecule has 1 aromatic heterocycles. The lowest BCUT2D eigenvalue weighted by Gasteiger charge is -2.16. The van der Waals surface area contributed by atoms with Crippen LogP contribution in [0.1, 0.15) is 33.6 Å². The number of esters is 1. The van der Waals surface area contributed by atoms with Crippen molar-refractivity contribution in [3.05, 3.63) is 59.7 Å². The van der Waals surface area contributed by atoms with Gasteiger partial charge in [0.25, 0.3) is 5.91 Å². The van der Waals surface area contributed by atoms with Crippen molar-refractivity contribution in [2.45, 2.75) is 19.4 Å². The van der Waals surface area contributed by atoms with Gasteiger partial charge in [-0.3, -0.25) is 10.1 Å². The van der Waals surface area contributed by atoms with Crippen LogP contribution in [0.3, 0.4) is 0 Å². The minimum absolute atomic E-state index is 0.265. The Morgan fingerprint density at radius 3 is 2.41 bits per heavy atom. The van der Waals surface area contributed by atoms with Crippen molar-refractivity contribution >= 4 is 28.9 Å². The summed E-state index contributed by atoms with van der Waals surface area (Å²) in [6, 6.07) is 14.3. The fraction of sp³-hybridized carbons (Fsp3) is 0.318.